The maximum Gasteiger partial charge on any atom is 0.150 e. The van der Waals surface area contributed by atoms with Crippen LogP contribution in [0.1, 0.15) is 32.4 Å². The number of aromatic nitrogens is 3. The molecule has 0 spiro atoms. The first kappa shape index (κ1) is 13.1. The molecule has 0 aromatic carbocycles. The Balaban J connectivity index is 2.73. The molecule has 0 saturated heterocycles. The summed E-state index contributed by atoms with van der Waals surface area (Å²) in [6.07, 6.45) is 1.78. The van der Waals surface area contributed by atoms with Gasteiger partial charge in [0, 0.05) is 26.0 Å². The summed E-state index contributed by atoms with van der Waals surface area (Å²) in [7, 11) is 0. The third-order valence-electron chi connectivity index (χ3n) is 2.47. The third kappa shape index (κ3) is 3.28. The van der Waals surface area contributed by atoms with Gasteiger partial charge in [0.15, 0.2) is 5.82 Å². The molecule has 2 N–H and O–H groups in total. The van der Waals surface area contributed by atoms with Crippen molar-refractivity contribution in [3.05, 3.63) is 11.6 Å². The molecule has 0 bridgehead atoms. The highest BCUT2D eigenvalue weighted by Gasteiger charge is 2.12. The van der Waals surface area contributed by atoms with E-state index in [1.165, 1.54) is 0 Å². The lowest BCUT2D eigenvalue weighted by Crippen LogP contribution is -2.30. The van der Waals surface area contributed by atoms with Crippen molar-refractivity contribution < 1.29 is 4.74 Å². The molecular formula is C11H22N4O. The minimum absolute atomic E-state index is 0.0294. The molecule has 5 nitrogen and oxygen atoms in total. The second kappa shape index (κ2) is 6.60. The van der Waals surface area contributed by atoms with Gasteiger partial charge in [-0.2, -0.15) is 5.10 Å². The fraction of sp³-hybridized carbons (Fsp3) is 0.818. The fourth-order valence-corrected chi connectivity index (χ4v) is 1.61. The predicted octanol–water partition coefficient (Wildman–Crippen LogP) is 0.767. The van der Waals surface area contributed by atoms with E-state index in [1.807, 2.05) is 11.6 Å². The van der Waals surface area contributed by atoms with E-state index in [1.54, 1.807) is 0 Å². The van der Waals surface area contributed by atoms with Crippen LogP contribution in [0.3, 0.4) is 0 Å². The molecule has 0 saturated carbocycles. The van der Waals surface area contributed by atoms with Crippen molar-refractivity contribution in [2.24, 2.45) is 5.73 Å². The maximum absolute atomic E-state index is 5.65. The average Bonchev–Trinajstić information content (AvgIpc) is 2.70. The van der Waals surface area contributed by atoms with Gasteiger partial charge >= 0.3 is 0 Å². The first-order chi connectivity index (χ1) is 7.74. The van der Waals surface area contributed by atoms with Crippen molar-refractivity contribution in [2.45, 2.75) is 46.3 Å². The van der Waals surface area contributed by atoms with Crippen LogP contribution in [0, 0.1) is 0 Å². The summed E-state index contributed by atoms with van der Waals surface area (Å²) >= 11 is 0. The van der Waals surface area contributed by atoms with Gasteiger partial charge in [0.05, 0.1) is 12.6 Å². The minimum Gasteiger partial charge on any atom is -0.375 e. The molecule has 1 rings (SSSR count). The van der Waals surface area contributed by atoms with Gasteiger partial charge in [0.1, 0.15) is 5.82 Å². The van der Waals surface area contributed by atoms with Crippen molar-refractivity contribution in [1.29, 1.82) is 0 Å². The van der Waals surface area contributed by atoms with E-state index in [-0.39, 0.29) is 6.10 Å². The monoisotopic (exact) mass is 226 g/mol. The number of hydrogen-bond acceptors (Lipinski definition) is 4. The van der Waals surface area contributed by atoms with E-state index < -0.39 is 0 Å². The molecule has 0 aliphatic rings. The Labute approximate surface area is 97.0 Å². The average molecular weight is 226 g/mol. The molecule has 1 aromatic rings. The summed E-state index contributed by atoms with van der Waals surface area (Å²) in [5, 5.41) is 4.44. The van der Waals surface area contributed by atoms with Gasteiger partial charge in [0.2, 0.25) is 0 Å². The summed E-state index contributed by atoms with van der Waals surface area (Å²) in [6, 6.07) is 0. The molecule has 0 aliphatic carbocycles. The van der Waals surface area contributed by atoms with Crippen molar-refractivity contribution >= 4 is 0 Å². The normalized spacial score (nSPS) is 13.0. The molecule has 0 fully saturated rings. The summed E-state index contributed by atoms with van der Waals surface area (Å²) in [5.74, 6) is 1.90. The molecule has 0 amide bonds. The zero-order valence-electron chi connectivity index (χ0n) is 10.4. The molecule has 16 heavy (non-hydrogen) atoms. The zero-order chi connectivity index (χ0) is 12.0. The fourth-order valence-electron chi connectivity index (χ4n) is 1.61. The smallest absolute Gasteiger partial charge is 0.150 e. The molecule has 92 valence electrons. The Morgan fingerprint density at radius 2 is 2.06 bits per heavy atom. The molecule has 0 aliphatic heterocycles. The van der Waals surface area contributed by atoms with Gasteiger partial charge in [0.25, 0.3) is 0 Å². The third-order valence-corrected chi connectivity index (χ3v) is 2.47. The number of nitrogens with two attached hydrogens (primary N) is 1. The lowest BCUT2D eigenvalue weighted by molar-refractivity contribution is 0.0535. The van der Waals surface area contributed by atoms with E-state index in [9.17, 15) is 0 Å². The van der Waals surface area contributed by atoms with Crippen LogP contribution in [0.15, 0.2) is 0 Å². The molecule has 1 unspecified atom stereocenters. The number of aryl methyl sites for hydroxylation is 2. The van der Waals surface area contributed by atoms with Gasteiger partial charge < -0.3 is 10.5 Å². The maximum atomic E-state index is 5.65. The summed E-state index contributed by atoms with van der Waals surface area (Å²) in [6.45, 7) is 8.00. The van der Waals surface area contributed by atoms with E-state index in [4.69, 9.17) is 10.5 Å². The van der Waals surface area contributed by atoms with E-state index in [0.29, 0.717) is 19.7 Å². The Bertz CT molecular complexity index is 311. The van der Waals surface area contributed by atoms with Crippen LogP contribution < -0.4 is 5.73 Å². The van der Waals surface area contributed by atoms with E-state index >= 15 is 0 Å². The van der Waals surface area contributed by atoms with Crippen LogP contribution in [-0.2, 0) is 24.1 Å². The Morgan fingerprint density at radius 3 is 2.56 bits per heavy atom. The second-order valence-electron chi connectivity index (χ2n) is 3.65. The van der Waals surface area contributed by atoms with Crippen molar-refractivity contribution in [1.82, 2.24) is 14.8 Å². The molecule has 1 atom stereocenters. The first-order valence-corrected chi connectivity index (χ1v) is 5.99. The SMILES string of the molecule is CCOC(CN)Cn1nc(CC)nc1CC. The summed E-state index contributed by atoms with van der Waals surface area (Å²) in [4.78, 5) is 4.45. The topological polar surface area (TPSA) is 66.0 Å². The molecule has 1 heterocycles. The van der Waals surface area contributed by atoms with Gasteiger partial charge in [-0.1, -0.05) is 13.8 Å². The number of nitrogens with zero attached hydrogens (tertiary/aromatic N) is 3. The molecule has 5 heteroatoms. The predicted molar refractivity (Wildman–Crippen MR) is 63.2 cm³/mol. The van der Waals surface area contributed by atoms with Crippen LogP contribution in [0.25, 0.3) is 0 Å². The summed E-state index contributed by atoms with van der Waals surface area (Å²) in [5.41, 5.74) is 5.65. The lowest BCUT2D eigenvalue weighted by Gasteiger charge is -2.15. The number of ether oxygens (including phenoxy) is 1. The molecule has 0 radical (unpaired) electrons. The highest BCUT2D eigenvalue weighted by molar-refractivity contribution is 4.93. The van der Waals surface area contributed by atoms with Crippen LogP contribution in [0.2, 0.25) is 0 Å². The van der Waals surface area contributed by atoms with E-state index in [0.717, 1.165) is 24.5 Å². The van der Waals surface area contributed by atoms with E-state index in [2.05, 4.69) is 23.9 Å². The molecular weight excluding hydrogens is 204 g/mol. The van der Waals surface area contributed by atoms with Crippen LogP contribution >= 0.6 is 0 Å². The van der Waals surface area contributed by atoms with Crippen LogP contribution in [-0.4, -0.2) is 34.0 Å². The highest BCUT2D eigenvalue weighted by atomic mass is 16.5. The van der Waals surface area contributed by atoms with Gasteiger partial charge in [-0.15, -0.1) is 0 Å². The van der Waals surface area contributed by atoms with Gasteiger partial charge in [-0.25, -0.2) is 9.67 Å². The minimum atomic E-state index is 0.0294. The lowest BCUT2D eigenvalue weighted by atomic mass is 10.3. The van der Waals surface area contributed by atoms with Crippen LogP contribution in [0.4, 0.5) is 0 Å². The van der Waals surface area contributed by atoms with Crippen molar-refractivity contribution in [2.75, 3.05) is 13.2 Å². The van der Waals surface area contributed by atoms with Gasteiger partial charge in [-0.05, 0) is 6.92 Å². The standard InChI is InChI=1S/C11H22N4O/c1-4-10-13-11(5-2)15(14-10)8-9(7-12)16-6-3/h9H,4-8,12H2,1-3H3. The quantitative estimate of drug-likeness (QED) is 0.745. The highest BCUT2D eigenvalue weighted by Crippen LogP contribution is 2.03. The molecule has 1 aromatic heterocycles. The van der Waals surface area contributed by atoms with Crippen molar-refractivity contribution in [3.8, 4) is 0 Å². The largest absolute Gasteiger partial charge is 0.375 e. The Kier molecular flexibility index (Phi) is 5.42. The number of rotatable bonds is 7. The second-order valence-corrected chi connectivity index (χ2v) is 3.65. The first-order valence-electron chi connectivity index (χ1n) is 5.99. The summed E-state index contributed by atoms with van der Waals surface area (Å²) < 4.78 is 7.45. The Morgan fingerprint density at radius 1 is 1.31 bits per heavy atom. The van der Waals surface area contributed by atoms with Crippen molar-refractivity contribution in [3.63, 3.8) is 0 Å². The number of hydrogen-bond donors (Lipinski definition) is 1. The zero-order valence-corrected chi connectivity index (χ0v) is 10.4. The van der Waals surface area contributed by atoms with Crippen LogP contribution in [0.5, 0.6) is 0 Å². The Hall–Kier alpha value is -0.940. The van der Waals surface area contributed by atoms with Gasteiger partial charge in [-0.3, -0.25) is 0 Å².